The molecule has 6 heteroatoms. The lowest BCUT2D eigenvalue weighted by atomic mass is 10.1. The lowest BCUT2D eigenvalue weighted by molar-refractivity contribution is 0.111. The first-order valence-electron chi connectivity index (χ1n) is 9.14. The average Bonchev–Trinajstić information content (AvgIpc) is 3.22. The molecule has 0 bridgehead atoms. The first kappa shape index (κ1) is 17.4. The van der Waals surface area contributed by atoms with Gasteiger partial charge in [-0.15, -0.1) is 11.3 Å². The van der Waals surface area contributed by atoms with Crippen LogP contribution in [0, 0.1) is 0 Å². The topological polar surface area (TPSA) is 69.2 Å². The van der Waals surface area contributed by atoms with Crippen LogP contribution in [0.3, 0.4) is 0 Å². The molecular formula is C20H23N3O2S. The Morgan fingerprint density at radius 3 is 2.88 bits per heavy atom. The molecule has 0 spiro atoms. The monoisotopic (exact) mass is 369 g/mol. The summed E-state index contributed by atoms with van der Waals surface area (Å²) in [6.07, 6.45) is 2.63. The molecule has 1 aliphatic carbocycles. The van der Waals surface area contributed by atoms with Crippen molar-refractivity contribution in [2.45, 2.75) is 38.8 Å². The summed E-state index contributed by atoms with van der Waals surface area (Å²) in [5, 5.41) is 11.3. The molecule has 2 aromatic heterocycles. The number of fused-ring (bicyclic) bond motifs is 3. The molecular weight excluding hydrogens is 346 g/mol. The molecule has 1 atom stereocenters. The van der Waals surface area contributed by atoms with Crippen LogP contribution in [0.25, 0.3) is 10.2 Å². The van der Waals surface area contributed by atoms with E-state index in [2.05, 4.69) is 9.88 Å². The van der Waals surface area contributed by atoms with Gasteiger partial charge >= 0.3 is 0 Å². The van der Waals surface area contributed by atoms with Gasteiger partial charge in [0.25, 0.3) is 5.56 Å². The van der Waals surface area contributed by atoms with Gasteiger partial charge in [0.05, 0.1) is 18.0 Å². The highest BCUT2D eigenvalue weighted by molar-refractivity contribution is 7.18. The standard InChI is InChI=1S/C20H23N3O2S/c1-2-23(11-15(24)13-7-4-3-5-8-13)12-17-21-19(25)18-14-9-6-10-16(14)26-20(18)22-17/h3-5,7-8,15,24H,2,6,9-12H2,1H3,(H,21,22,25). The number of aromatic amines is 1. The molecule has 5 nitrogen and oxygen atoms in total. The van der Waals surface area contributed by atoms with Crippen LogP contribution in [0.1, 0.15) is 41.3 Å². The molecule has 2 N–H and O–H groups in total. The molecule has 26 heavy (non-hydrogen) atoms. The Bertz CT molecular complexity index is 964. The SMILES string of the molecule is CCN(Cc1nc2sc3c(c2c(=O)[nH]1)CCC3)CC(O)c1ccccc1. The summed E-state index contributed by atoms with van der Waals surface area (Å²) < 4.78 is 0. The molecule has 0 amide bonds. The van der Waals surface area contributed by atoms with Crippen molar-refractivity contribution in [3.8, 4) is 0 Å². The maximum Gasteiger partial charge on any atom is 0.259 e. The fraction of sp³-hybridized carbons (Fsp3) is 0.400. The minimum atomic E-state index is -0.558. The predicted molar refractivity (Wildman–Crippen MR) is 105 cm³/mol. The first-order valence-corrected chi connectivity index (χ1v) is 9.96. The summed E-state index contributed by atoms with van der Waals surface area (Å²) in [6.45, 7) is 3.85. The normalized spacial score (nSPS) is 14.9. The van der Waals surface area contributed by atoms with E-state index in [1.165, 1.54) is 10.4 Å². The van der Waals surface area contributed by atoms with Crippen molar-refractivity contribution in [3.63, 3.8) is 0 Å². The van der Waals surface area contributed by atoms with Gasteiger partial charge < -0.3 is 10.1 Å². The second-order valence-corrected chi connectivity index (χ2v) is 7.89. The van der Waals surface area contributed by atoms with E-state index in [1.54, 1.807) is 11.3 Å². The summed E-state index contributed by atoms with van der Waals surface area (Å²) in [7, 11) is 0. The Morgan fingerprint density at radius 2 is 2.12 bits per heavy atom. The van der Waals surface area contributed by atoms with E-state index in [9.17, 15) is 9.90 Å². The number of aliphatic hydroxyl groups is 1. The van der Waals surface area contributed by atoms with Crippen molar-refractivity contribution in [3.05, 3.63) is 62.5 Å². The molecule has 136 valence electrons. The number of benzene rings is 1. The molecule has 0 saturated carbocycles. The highest BCUT2D eigenvalue weighted by Crippen LogP contribution is 2.34. The lowest BCUT2D eigenvalue weighted by Gasteiger charge is -2.23. The maximum absolute atomic E-state index is 12.6. The largest absolute Gasteiger partial charge is 0.387 e. The molecule has 0 aliphatic heterocycles. The van der Waals surface area contributed by atoms with E-state index in [0.29, 0.717) is 18.9 Å². The smallest absolute Gasteiger partial charge is 0.259 e. The predicted octanol–water partition coefficient (Wildman–Crippen LogP) is 3.03. The molecule has 2 heterocycles. The van der Waals surface area contributed by atoms with Gasteiger partial charge in [0.2, 0.25) is 0 Å². The summed E-state index contributed by atoms with van der Waals surface area (Å²) in [5.74, 6) is 0.671. The van der Waals surface area contributed by atoms with Gasteiger partial charge in [-0.05, 0) is 36.9 Å². The first-order chi connectivity index (χ1) is 12.7. The molecule has 1 aromatic carbocycles. The lowest BCUT2D eigenvalue weighted by Crippen LogP contribution is -2.30. The summed E-state index contributed by atoms with van der Waals surface area (Å²) in [6, 6.07) is 9.65. The molecule has 0 saturated heterocycles. The van der Waals surface area contributed by atoms with Crippen LogP contribution in [0.15, 0.2) is 35.1 Å². The number of hydrogen-bond donors (Lipinski definition) is 2. The number of likely N-dealkylation sites (N-methyl/N-ethyl adjacent to an activating group) is 1. The second kappa shape index (κ2) is 7.31. The Labute approximate surface area is 156 Å². The molecule has 1 unspecified atom stereocenters. The molecule has 1 aliphatic rings. The number of aromatic nitrogens is 2. The van der Waals surface area contributed by atoms with Crippen LogP contribution in [-0.4, -0.2) is 33.1 Å². The van der Waals surface area contributed by atoms with Crippen molar-refractivity contribution in [2.24, 2.45) is 0 Å². The number of H-pyrrole nitrogens is 1. The third kappa shape index (κ3) is 3.32. The van der Waals surface area contributed by atoms with Gasteiger partial charge in [-0.2, -0.15) is 0 Å². The van der Waals surface area contributed by atoms with Gasteiger partial charge in [0, 0.05) is 11.4 Å². The number of rotatable bonds is 6. The van der Waals surface area contributed by atoms with Gasteiger partial charge in [0.15, 0.2) is 0 Å². The van der Waals surface area contributed by atoms with Crippen molar-refractivity contribution < 1.29 is 5.11 Å². The highest BCUT2D eigenvalue weighted by atomic mass is 32.1. The van der Waals surface area contributed by atoms with Crippen LogP contribution in [-0.2, 0) is 19.4 Å². The third-order valence-electron chi connectivity index (χ3n) is 5.06. The Balaban J connectivity index is 1.54. The maximum atomic E-state index is 12.6. The summed E-state index contributed by atoms with van der Waals surface area (Å²) in [5.41, 5.74) is 2.08. The molecule has 4 rings (SSSR count). The zero-order valence-electron chi connectivity index (χ0n) is 14.9. The van der Waals surface area contributed by atoms with Crippen molar-refractivity contribution in [1.82, 2.24) is 14.9 Å². The van der Waals surface area contributed by atoms with Crippen LogP contribution in [0.4, 0.5) is 0 Å². The van der Waals surface area contributed by atoms with Crippen LogP contribution in [0.2, 0.25) is 0 Å². The van der Waals surface area contributed by atoms with Crippen LogP contribution in [0.5, 0.6) is 0 Å². The average molecular weight is 369 g/mol. The Kier molecular flexibility index (Phi) is 4.89. The number of aliphatic hydroxyl groups excluding tert-OH is 1. The molecule has 3 aromatic rings. The number of thiophene rings is 1. The Hall–Kier alpha value is -2.02. The highest BCUT2D eigenvalue weighted by Gasteiger charge is 2.21. The number of nitrogens with zero attached hydrogens (tertiary/aromatic N) is 2. The van der Waals surface area contributed by atoms with Crippen molar-refractivity contribution in [2.75, 3.05) is 13.1 Å². The quantitative estimate of drug-likeness (QED) is 0.701. The van der Waals surface area contributed by atoms with Gasteiger partial charge in [0.1, 0.15) is 10.7 Å². The fourth-order valence-corrected chi connectivity index (χ4v) is 4.95. The second-order valence-electron chi connectivity index (χ2n) is 6.80. The van der Waals surface area contributed by atoms with E-state index in [0.717, 1.165) is 41.6 Å². The third-order valence-corrected chi connectivity index (χ3v) is 6.25. The van der Waals surface area contributed by atoms with E-state index in [-0.39, 0.29) is 5.56 Å². The number of hydrogen-bond acceptors (Lipinski definition) is 5. The van der Waals surface area contributed by atoms with Gasteiger partial charge in [-0.1, -0.05) is 37.3 Å². The van der Waals surface area contributed by atoms with E-state index < -0.39 is 6.10 Å². The van der Waals surface area contributed by atoms with Crippen molar-refractivity contribution >= 4 is 21.6 Å². The number of nitrogens with one attached hydrogen (secondary N) is 1. The fourth-order valence-electron chi connectivity index (χ4n) is 3.66. The summed E-state index contributed by atoms with van der Waals surface area (Å²) in [4.78, 5) is 24.5. The van der Waals surface area contributed by atoms with E-state index in [1.807, 2.05) is 37.3 Å². The molecule has 0 radical (unpaired) electrons. The van der Waals surface area contributed by atoms with Crippen LogP contribution >= 0.6 is 11.3 Å². The minimum Gasteiger partial charge on any atom is -0.387 e. The van der Waals surface area contributed by atoms with Gasteiger partial charge in [-0.3, -0.25) is 9.69 Å². The van der Waals surface area contributed by atoms with Crippen LogP contribution < -0.4 is 5.56 Å². The van der Waals surface area contributed by atoms with E-state index >= 15 is 0 Å². The summed E-state index contributed by atoms with van der Waals surface area (Å²) >= 11 is 1.66. The zero-order valence-corrected chi connectivity index (χ0v) is 15.7. The molecule has 0 fully saturated rings. The van der Waals surface area contributed by atoms with E-state index in [4.69, 9.17) is 4.98 Å². The Morgan fingerprint density at radius 1 is 1.31 bits per heavy atom. The number of aryl methyl sites for hydroxylation is 2. The minimum absolute atomic E-state index is 0.0240. The van der Waals surface area contributed by atoms with Crippen molar-refractivity contribution in [1.29, 1.82) is 0 Å². The van der Waals surface area contributed by atoms with Gasteiger partial charge in [-0.25, -0.2) is 4.98 Å². The zero-order chi connectivity index (χ0) is 18.1.